The molecule has 9 heteroatoms. The van der Waals surface area contributed by atoms with Crippen LogP contribution >= 0.6 is 11.8 Å². The van der Waals surface area contributed by atoms with Gasteiger partial charge in [0.1, 0.15) is 11.6 Å². The van der Waals surface area contributed by atoms with Crippen molar-refractivity contribution in [3.8, 4) is 11.6 Å². The number of amides is 1. The molecule has 0 spiro atoms. The molecular formula is C17H16F2N4O2S. The standard InChI is InChI=1S/C17H16F2N4O2S/c1-2-7-23-16(14-4-3-8-25-14)21-22-17(23)26-10-15(24)20-13-6-5-11(18)9-12(13)19/h3-6,8-9H,2,7,10H2,1H3,(H,20,24). The minimum absolute atomic E-state index is 0.0107. The molecule has 26 heavy (non-hydrogen) atoms. The number of anilines is 1. The highest BCUT2D eigenvalue weighted by molar-refractivity contribution is 7.99. The molecule has 6 nitrogen and oxygen atoms in total. The quantitative estimate of drug-likeness (QED) is 0.630. The van der Waals surface area contributed by atoms with Crippen LogP contribution in [0.15, 0.2) is 46.2 Å². The summed E-state index contributed by atoms with van der Waals surface area (Å²) in [4.78, 5) is 12.1. The average molecular weight is 378 g/mol. The fourth-order valence-corrected chi connectivity index (χ4v) is 3.08. The van der Waals surface area contributed by atoms with Crippen LogP contribution in [0.3, 0.4) is 0 Å². The van der Waals surface area contributed by atoms with E-state index in [4.69, 9.17) is 4.42 Å². The van der Waals surface area contributed by atoms with Crippen LogP contribution in [0.4, 0.5) is 14.5 Å². The van der Waals surface area contributed by atoms with Crippen molar-refractivity contribution in [2.75, 3.05) is 11.1 Å². The molecule has 0 bridgehead atoms. The van der Waals surface area contributed by atoms with Crippen LogP contribution in [0.5, 0.6) is 0 Å². The van der Waals surface area contributed by atoms with Gasteiger partial charge in [-0.05, 0) is 30.7 Å². The van der Waals surface area contributed by atoms with Crippen molar-refractivity contribution in [1.29, 1.82) is 0 Å². The van der Waals surface area contributed by atoms with Gasteiger partial charge in [0.15, 0.2) is 16.7 Å². The number of carbonyl (C=O) groups is 1. The third-order valence-corrected chi connectivity index (χ3v) is 4.41. The van der Waals surface area contributed by atoms with Gasteiger partial charge in [-0.15, -0.1) is 10.2 Å². The van der Waals surface area contributed by atoms with Crippen LogP contribution in [0.2, 0.25) is 0 Å². The highest BCUT2D eigenvalue weighted by Crippen LogP contribution is 2.25. The Morgan fingerprint density at radius 3 is 2.85 bits per heavy atom. The zero-order chi connectivity index (χ0) is 18.5. The monoisotopic (exact) mass is 378 g/mol. The van der Waals surface area contributed by atoms with Gasteiger partial charge in [0, 0.05) is 12.6 Å². The van der Waals surface area contributed by atoms with E-state index < -0.39 is 17.5 Å². The van der Waals surface area contributed by atoms with Crippen LogP contribution in [0, 0.1) is 11.6 Å². The first-order chi connectivity index (χ1) is 12.6. The molecular weight excluding hydrogens is 362 g/mol. The van der Waals surface area contributed by atoms with E-state index in [0.29, 0.717) is 23.3 Å². The van der Waals surface area contributed by atoms with Gasteiger partial charge >= 0.3 is 0 Å². The number of furan rings is 1. The Morgan fingerprint density at radius 1 is 1.31 bits per heavy atom. The zero-order valence-corrected chi connectivity index (χ0v) is 14.7. The molecule has 1 amide bonds. The van der Waals surface area contributed by atoms with E-state index in [9.17, 15) is 13.6 Å². The lowest BCUT2D eigenvalue weighted by Gasteiger charge is -2.08. The summed E-state index contributed by atoms with van der Waals surface area (Å²) in [5, 5.41) is 11.2. The molecule has 3 aromatic rings. The van der Waals surface area contributed by atoms with E-state index in [1.54, 1.807) is 18.4 Å². The Kier molecular flexibility index (Phi) is 5.67. The van der Waals surface area contributed by atoms with Gasteiger partial charge in [0.2, 0.25) is 5.91 Å². The van der Waals surface area contributed by atoms with Crippen molar-refractivity contribution in [3.63, 3.8) is 0 Å². The van der Waals surface area contributed by atoms with Gasteiger partial charge in [0.25, 0.3) is 0 Å². The lowest BCUT2D eigenvalue weighted by Crippen LogP contribution is -2.15. The van der Waals surface area contributed by atoms with E-state index >= 15 is 0 Å². The normalized spacial score (nSPS) is 10.9. The van der Waals surface area contributed by atoms with E-state index in [1.165, 1.54) is 17.8 Å². The number of thioether (sulfide) groups is 1. The summed E-state index contributed by atoms with van der Waals surface area (Å²) in [6.07, 6.45) is 2.41. The number of aromatic nitrogens is 3. The summed E-state index contributed by atoms with van der Waals surface area (Å²) in [6.45, 7) is 2.68. The molecule has 3 rings (SSSR count). The average Bonchev–Trinajstić information content (AvgIpc) is 3.26. The Balaban J connectivity index is 1.68. The number of hydrogen-bond acceptors (Lipinski definition) is 5. The summed E-state index contributed by atoms with van der Waals surface area (Å²) in [5.41, 5.74) is -0.0664. The summed E-state index contributed by atoms with van der Waals surface area (Å²) in [5.74, 6) is -0.756. The van der Waals surface area contributed by atoms with Crippen molar-refractivity contribution in [3.05, 3.63) is 48.2 Å². The first-order valence-corrected chi connectivity index (χ1v) is 8.92. The number of nitrogens with zero attached hydrogens (tertiary/aromatic N) is 3. The largest absolute Gasteiger partial charge is 0.461 e. The number of benzene rings is 1. The van der Waals surface area contributed by atoms with Crippen LogP contribution in [-0.2, 0) is 11.3 Å². The minimum Gasteiger partial charge on any atom is -0.461 e. The van der Waals surface area contributed by atoms with Crippen LogP contribution < -0.4 is 5.32 Å². The summed E-state index contributed by atoms with van der Waals surface area (Å²) in [7, 11) is 0. The number of nitrogens with one attached hydrogen (secondary N) is 1. The molecule has 0 saturated carbocycles. The molecule has 1 N–H and O–H groups in total. The molecule has 0 aliphatic rings. The molecule has 136 valence electrons. The van der Waals surface area contributed by atoms with E-state index in [1.807, 2.05) is 11.5 Å². The van der Waals surface area contributed by atoms with Gasteiger partial charge in [-0.1, -0.05) is 18.7 Å². The second-order valence-corrected chi connectivity index (χ2v) is 6.34. The van der Waals surface area contributed by atoms with E-state index in [2.05, 4.69) is 15.5 Å². The van der Waals surface area contributed by atoms with Crippen molar-refractivity contribution < 1.29 is 18.0 Å². The SMILES string of the molecule is CCCn1c(SCC(=O)Nc2ccc(F)cc2F)nnc1-c1ccco1. The third kappa shape index (κ3) is 4.10. The van der Waals surface area contributed by atoms with E-state index in [0.717, 1.165) is 18.6 Å². The molecule has 0 unspecified atom stereocenters. The highest BCUT2D eigenvalue weighted by atomic mass is 32.2. The molecule has 0 fully saturated rings. The maximum atomic E-state index is 13.6. The van der Waals surface area contributed by atoms with Crippen molar-refractivity contribution >= 4 is 23.4 Å². The van der Waals surface area contributed by atoms with Gasteiger partial charge in [-0.2, -0.15) is 0 Å². The summed E-state index contributed by atoms with van der Waals surface area (Å²) >= 11 is 1.18. The Labute approximate surface area is 152 Å². The van der Waals surface area contributed by atoms with Crippen molar-refractivity contribution in [2.24, 2.45) is 0 Å². The predicted molar refractivity (Wildman–Crippen MR) is 93.7 cm³/mol. The molecule has 0 aliphatic heterocycles. The van der Waals surface area contributed by atoms with Crippen LogP contribution in [0.1, 0.15) is 13.3 Å². The predicted octanol–water partition coefficient (Wildman–Crippen LogP) is 3.96. The number of hydrogen-bond donors (Lipinski definition) is 1. The number of carbonyl (C=O) groups excluding carboxylic acids is 1. The van der Waals surface area contributed by atoms with Gasteiger partial charge in [0.05, 0.1) is 17.7 Å². The lowest BCUT2D eigenvalue weighted by atomic mass is 10.3. The summed E-state index contributed by atoms with van der Waals surface area (Å²) < 4.78 is 33.7. The van der Waals surface area contributed by atoms with Crippen molar-refractivity contribution in [2.45, 2.75) is 25.0 Å². The molecule has 0 atom stereocenters. The second-order valence-electron chi connectivity index (χ2n) is 5.40. The molecule has 0 aliphatic carbocycles. The van der Waals surface area contributed by atoms with Gasteiger partial charge in [-0.25, -0.2) is 8.78 Å². The van der Waals surface area contributed by atoms with Gasteiger partial charge < -0.3 is 9.73 Å². The molecule has 2 heterocycles. The topological polar surface area (TPSA) is 73.0 Å². The Morgan fingerprint density at radius 2 is 2.15 bits per heavy atom. The highest BCUT2D eigenvalue weighted by Gasteiger charge is 2.17. The Bertz CT molecular complexity index is 896. The van der Waals surface area contributed by atoms with E-state index in [-0.39, 0.29) is 11.4 Å². The first kappa shape index (κ1) is 18.1. The number of rotatable bonds is 7. The first-order valence-electron chi connectivity index (χ1n) is 7.93. The summed E-state index contributed by atoms with van der Waals surface area (Å²) in [6, 6.07) is 6.53. The smallest absolute Gasteiger partial charge is 0.234 e. The zero-order valence-electron chi connectivity index (χ0n) is 13.9. The third-order valence-electron chi connectivity index (χ3n) is 3.44. The fourth-order valence-electron chi connectivity index (χ4n) is 2.32. The maximum Gasteiger partial charge on any atom is 0.234 e. The second kappa shape index (κ2) is 8.13. The lowest BCUT2D eigenvalue weighted by molar-refractivity contribution is -0.113. The van der Waals surface area contributed by atoms with Crippen molar-refractivity contribution in [1.82, 2.24) is 14.8 Å². The Hall–Kier alpha value is -2.68. The van der Waals surface area contributed by atoms with Gasteiger partial charge in [-0.3, -0.25) is 9.36 Å². The molecule has 1 aromatic carbocycles. The number of halogens is 2. The molecule has 2 aromatic heterocycles. The molecule has 0 saturated heterocycles. The minimum atomic E-state index is -0.822. The molecule has 0 radical (unpaired) electrons. The maximum absolute atomic E-state index is 13.6. The fraction of sp³-hybridized carbons (Fsp3) is 0.235. The van der Waals surface area contributed by atoms with Crippen LogP contribution in [0.25, 0.3) is 11.6 Å². The van der Waals surface area contributed by atoms with Crippen LogP contribution in [-0.4, -0.2) is 26.4 Å².